The van der Waals surface area contributed by atoms with Crippen LogP contribution in [0.25, 0.3) is 0 Å². The Balaban J connectivity index is 2.75. The first kappa shape index (κ1) is 11.0. The molecule has 0 amide bonds. The predicted molar refractivity (Wildman–Crippen MR) is 56.0 cm³/mol. The van der Waals surface area contributed by atoms with E-state index in [1.165, 1.54) is 17.6 Å². The lowest BCUT2D eigenvalue weighted by Crippen LogP contribution is -2.19. The van der Waals surface area contributed by atoms with E-state index < -0.39 is 15.9 Å². The van der Waals surface area contributed by atoms with E-state index in [0.717, 1.165) is 4.88 Å². The first-order chi connectivity index (χ1) is 5.88. The molecule has 0 unspecified atom stereocenters. The van der Waals surface area contributed by atoms with Crippen molar-refractivity contribution in [1.29, 1.82) is 0 Å². The molecule has 13 heavy (non-hydrogen) atoms. The standard InChI is InChI=1S/C7H10ClNO2S2/c1-13(10,11)4-5(9)6-2-3-7(8)12-6/h2-3,5H,4,9H2,1H3/t5-/m0/s1. The average molecular weight is 240 g/mol. The van der Waals surface area contributed by atoms with E-state index >= 15 is 0 Å². The first-order valence-corrected chi connectivity index (χ1v) is 6.82. The molecule has 2 N–H and O–H groups in total. The van der Waals surface area contributed by atoms with Gasteiger partial charge in [0.05, 0.1) is 16.1 Å². The lowest BCUT2D eigenvalue weighted by Gasteiger charge is -2.06. The molecule has 0 fully saturated rings. The van der Waals surface area contributed by atoms with Gasteiger partial charge in [-0.15, -0.1) is 11.3 Å². The molecule has 1 heterocycles. The minimum atomic E-state index is -3.02. The summed E-state index contributed by atoms with van der Waals surface area (Å²) in [4.78, 5) is 0.801. The SMILES string of the molecule is CS(=O)(=O)C[C@H](N)c1ccc(Cl)s1. The average Bonchev–Trinajstić information content (AvgIpc) is 2.31. The summed E-state index contributed by atoms with van der Waals surface area (Å²) in [6.45, 7) is 0. The first-order valence-electron chi connectivity index (χ1n) is 3.57. The molecule has 0 aliphatic heterocycles. The molecule has 6 heteroatoms. The van der Waals surface area contributed by atoms with Crippen LogP contribution in [0, 0.1) is 0 Å². The van der Waals surface area contributed by atoms with Gasteiger partial charge in [0.25, 0.3) is 0 Å². The van der Waals surface area contributed by atoms with Crippen LogP contribution < -0.4 is 5.73 Å². The summed E-state index contributed by atoms with van der Waals surface area (Å²) in [5.41, 5.74) is 5.67. The zero-order valence-electron chi connectivity index (χ0n) is 7.03. The van der Waals surface area contributed by atoms with E-state index in [9.17, 15) is 8.42 Å². The highest BCUT2D eigenvalue weighted by molar-refractivity contribution is 7.90. The molecule has 74 valence electrons. The number of sulfone groups is 1. The third-order valence-corrected chi connectivity index (χ3v) is 3.77. The van der Waals surface area contributed by atoms with Gasteiger partial charge in [0, 0.05) is 11.1 Å². The molecule has 0 saturated heterocycles. The fraction of sp³-hybridized carbons (Fsp3) is 0.429. The van der Waals surface area contributed by atoms with Gasteiger partial charge >= 0.3 is 0 Å². The Morgan fingerprint density at radius 2 is 2.23 bits per heavy atom. The highest BCUT2D eigenvalue weighted by atomic mass is 35.5. The Morgan fingerprint density at radius 1 is 1.62 bits per heavy atom. The minimum Gasteiger partial charge on any atom is -0.322 e. The van der Waals surface area contributed by atoms with E-state index in [-0.39, 0.29) is 5.75 Å². The Hall–Kier alpha value is -0.100. The van der Waals surface area contributed by atoms with Crippen molar-refractivity contribution in [2.45, 2.75) is 6.04 Å². The van der Waals surface area contributed by atoms with Gasteiger partial charge in [0.2, 0.25) is 0 Å². The van der Waals surface area contributed by atoms with Crippen LogP contribution in [0.4, 0.5) is 0 Å². The summed E-state index contributed by atoms with van der Waals surface area (Å²) in [7, 11) is -3.02. The Morgan fingerprint density at radius 3 is 2.62 bits per heavy atom. The highest BCUT2D eigenvalue weighted by Gasteiger charge is 2.14. The lowest BCUT2D eigenvalue weighted by molar-refractivity contribution is 0.595. The second-order valence-corrected chi connectivity index (χ2v) is 6.77. The second kappa shape index (κ2) is 3.96. The smallest absolute Gasteiger partial charge is 0.149 e. The molecule has 3 nitrogen and oxygen atoms in total. The molecule has 0 aliphatic carbocycles. The van der Waals surface area contributed by atoms with Crippen molar-refractivity contribution >= 4 is 32.8 Å². The molecule has 0 saturated carbocycles. The van der Waals surface area contributed by atoms with Gasteiger partial charge in [-0.1, -0.05) is 11.6 Å². The van der Waals surface area contributed by atoms with E-state index in [4.69, 9.17) is 17.3 Å². The summed E-state index contributed by atoms with van der Waals surface area (Å²) >= 11 is 7.00. The van der Waals surface area contributed by atoms with Crippen molar-refractivity contribution in [2.75, 3.05) is 12.0 Å². The summed E-state index contributed by atoms with van der Waals surface area (Å²) in [5.74, 6) is -0.0379. The maximum absolute atomic E-state index is 10.9. The molecular formula is C7H10ClNO2S2. The number of hydrogen-bond acceptors (Lipinski definition) is 4. The molecule has 0 spiro atoms. The lowest BCUT2D eigenvalue weighted by atomic mass is 10.3. The van der Waals surface area contributed by atoms with E-state index in [1.54, 1.807) is 12.1 Å². The third kappa shape index (κ3) is 3.64. The number of hydrogen-bond donors (Lipinski definition) is 1. The van der Waals surface area contributed by atoms with Crippen molar-refractivity contribution in [3.05, 3.63) is 21.3 Å². The van der Waals surface area contributed by atoms with E-state index in [0.29, 0.717) is 4.34 Å². The number of rotatable bonds is 3. The highest BCUT2D eigenvalue weighted by Crippen LogP contribution is 2.26. The van der Waals surface area contributed by atoms with E-state index in [1.807, 2.05) is 0 Å². The van der Waals surface area contributed by atoms with Crippen LogP contribution in [-0.2, 0) is 9.84 Å². The Labute approximate surface area is 86.4 Å². The van der Waals surface area contributed by atoms with Crippen LogP contribution in [0.2, 0.25) is 4.34 Å². The minimum absolute atomic E-state index is 0.0379. The molecule has 1 rings (SSSR count). The van der Waals surface area contributed by atoms with Crippen LogP contribution in [0.3, 0.4) is 0 Å². The Kier molecular flexibility index (Phi) is 3.34. The number of nitrogens with two attached hydrogens (primary N) is 1. The number of halogens is 1. The van der Waals surface area contributed by atoms with Crippen molar-refractivity contribution < 1.29 is 8.42 Å². The maximum Gasteiger partial charge on any atom is 0.149 e. The predicted octanol–water partition coefficient (Wildman–Crippen LogP) is 1.45. The summed E-state index contributed by atoms with van der Waals surface area (Å²) in [6, 6.07) is 3.00. The summed E-state index contributed by atoms with van der Waals surface area (Å²) in [6.07, 6.45) is 1.17. The van der Waals surface area contributed by atoms with Crippen LogP contribution in [0.15, 0.2) is 12.1 Å². The zero-order chi connectivity index (χ0) is 10.1. The van der Waals surface area contributed by atoms with Crippen LogP contribution in [-0.4, -0.2) is 20.4 Å². The normalized spacial score (nSPS) is 14.4. The van der Waals surface area contributed by atoms with Crippen molar-refractivity contribution in [3.63, 3.8) is 0 Å². The molecule has 1 atom stereocenters. The largest absolute Gasteiger partial charge is 0.322 e. The quantitative estimate of drug-likeness (QED) is 0.869. The Bertz CT molecular complexity index is 385. The van der Waals surface area contributed by atoms with Gasteiger partial charge in [0.15, 0.2) is 0 Å². The number of thiophene rings is 1. The van der Waals surface area contributed by atoms with E-state index in [2.05, 4.69) is 0 Å². The molecular weight excluding hydrogens is 230 g/mol. The van der Waals surface area contributed by atoms with Crippen molar-refractivity contribution in [1.82, 2.24) is 0 Å². The molecule has 0 aromatic carbocycles. The van der Waals surface area contributed by atoms with Gasteiger partial charge in [-0.3, -0.25) is 0 Å². The van der Waals surface area contributed by atoms with Gasteiger partial charge in [-0.2, -0.15) is 0 Å². The summed E-state index contributed by atoms with van der Waals surface area (Å²) < 4.78 is 22.5. The van der Waals surface area contributed by atoms with Gasteiger partial charge in [-0.05, 0) is 12.1 Å². The fourth-order valence-corrected chi connectivity index (χ4v) is 2.94. The van der Waals surface area contributed by atoms with Crippen LogP contribution in [0.5, 0.6) is 0 Å². The molecule has 1 aromatic rings. The topological polar surface area (TPSA) is 60.2 Å². The summed E-state index contributed by atoms with van der Waals surface area (Å²) in [5, 5.41) is 0. The third-order valence-electron chi connectivity index (χ3n) is 1.44. The van der Waals surface area contributed by atoms with Crippen molar-refractivity contribution in [2.24, 2.45) is 5.73 Å². The fourth-order valence-electron chi connectivity index (χ4n) is 0.936. The molecule has 0 radical (unpaired) electrons. The van der Waals surface area contributed by atoms with Gasteiger partial charge in [-0.25, -0.2) is 8.42 Å². The van der Waals surface area contributed by atoms with Crippen LogP contribution >= 0.6 is 22.9 Å². The van der Waals surface area contributed by atoms with Gasteiger partial charge < -0.3 is 5.73 Å². The zero-order valence-corrected chi connectivity index (χ0v) is 9.42. The molecule has 0 aliphatic rings. The maximum atomic E-state index is 10.9. The van der Waals surface area contributed by atoms with Crippen LogP contribution in [0.1, 0.15) is 10.9 Å². The second-order valence-electron chi connectivity index (χ2n) is 2.84. The van der Waals surface area contributed by atoms with Crippen molar-refractivity contribution in [3.8, 4) is 0 Å². The molecule has 1 aromatic heterocycles. The van der Waals surface area contributed by atoms with Gasteiger partial charge in [0.1, 0.15) is 9.84 Å². The monoisotopic (exact) mass is 239 g/mol. The molecule has 0 bridgehead atoms.